The minimum Gasteiger partial charge on any atom is -0.280 e. The van der Waals surface area contributed by atoms with E-state index in [0.29, 0.717) is 12.7 Å². The Kier molecular flexibility index (Phi) is 3.69. The lowest BCUT2D eigenvalue weighted by molar-refractivity contribution is 0.179. The summed E-state index contributed by atoms with van der Waals surface area (Å²) in [4.78, 5) is 15.0. The summed E-state index contributed by atoms with van der Waals surface area (Å²) in [5.74, 6) is 0. The van der Waals surface area contributed by atoms with Gasteiger partial charge in [-0.25, -0.2) is 4.68 Å². The van der Waals surface area contributed by atoms with Crippen molar-refractivity contribution >= 4 is 10.8 Å². The number of nitrogens with zero attached hydrogens (tertiary/aromatic N) is 3. The first-order chi connectivity index (χ1) is 11.6. The van der Waals surface area contributed by atoms with Crippen LogP contribution in [0.25, 0.3) is 10.8 Å². The highest BCUT2D eigenvalue weighted by molar-refractivity contribution is 5.83. The Balaban J connectivity index is 1.68. The van der Waals surface area contributed by atoms with Crippen LogP contribution in [0.5, 0.6) is 0 Å². The van der Waals surface area contributed by atoms with Crippen LogP contribution in [-0.4, -0.2) is 21.7 Å². The Morgan fingerprint density at radius 1 is 1.12 bits per heavy atom. The molecule has 1 aliphatic rings. The van der Waals surface area contributed by atoms with Crippen molar-refractivity contribution < 1.29 is 0 Å². The molecule has 0 amide bonds. The molecule has 4 heteroatoms. The van der Waals surface area contributed by atoms with Crippen LogP contribution >= 0.6 is 0 Å². The van der Waals surface area contributed by atoms with E-state index in [4.69, 9.17) is 0 Å². The number of rotatable bonds is 3. The molecule has 4 rings (SSSR count). The number of hydrogen-bond donors (Lipinski definition) is 0. The van der Waals surface area contributed by atoms with E-state index in [0.717, 1.165) is 29.3 Å². The summed E-state index contributed by atoms with van der Waals surface area (Å²) >= 11 is 0. The molecule has 4 nitrogen and oxygen atoms in total. The summed E-state index contributed by atoms with van der Waals surface area (Å²) in [6, 6.07) is 16.6. The molecule has 1 aromatic heterocycles. The van der Waals surface area contributed by atoms with E-state index in [-0.39, 0.29) is 5.56 Å². The molecule has 0 aliphatic heterocycles. The predicted octanol–water partition coefficient (Wildman–Crippen LogP) is 3.28. The van der Waals surface area contributed by atoms with Crippen molar-refractivity contribution in [2.75, 3.05) is 7.05 Å². The topological polar surface area (TPSA) is 38.1 Å². The highest BCUT2D eigenvalue weighted by Crippen LogP contribution is 2.34. The van der Waals surface area contributed by atoms with Crippen molar-refractivity contribution in [1.82, 2.24) is 14.7 Å². The van der Waals surface area contributed by atoms with E-state index in [9.17, 15) is 4.79 Å². The monoisotopic (exact) mass is 319 g/mol. The second-order valence-electron chi connectivity index (χ2n) is 6.59. The van der Waals surface area contributed by atoms with Crippen molar-refractivity contribution in [2.24, 2.45) is 0 Å². The highest BCUT2D eigenvalue weighted by atomic mass is 16.1. The molecule has 0 N–H and O–H groups in total. The molecule has 24 heavy (non-hydrogen) atoms. The number of benzene rings is 2. The standard InChI is InChI=1S/C20H21N3O/c1-14-16-8-5-6-10-18(16)20(24)23(21-14)13-22(2)19-12-11-15-7-3-4-9-17(15)19/h3-10,19H,11-13H2,1-2H3. The Morgan fingerprint density at radius 2 is 1.83 bits per heavy atom. The van der Waals surface area contributed by atoms with E-state index in [1.54, 1.807) is 4.68 Å². The molecule has 0 radical (unpaired) electrons. The van der Waals surface area contributed by atoms with E-state index < -0.39 is 0 Å². The fourth-order valence-electron chi connectivity index (χ4n) is 3.80. The highest BCUT2D eigenvalue weighted by Gasteiger charge is 2.26. The molecule has 0 saturated heterocycles. The van der Waals surface area contributed by atoms with Gasteiger partial charge in [0.25, 0.3) is 5.56 Å². The maximum atomic E-state index is 12.8. The summed E-state index contributed by atoms with van der Waals surface area (Å²) in [6.45, 7) is 2.46. The summed E-state index contributed by atoms with van der Waals surface area (Å²) in [5, 5.41) is 6.21. The van der Waals surface area contributed by atoms with Gasteiger partial charge in [-0.15, -0.1) is 0 Å². The first-order valence-electron chi connectivity index (χ1n) is 8.39. The largest absolute Gasteiger partial charge is 0.280 e. The molecular weight excluding hydrogens is 298 g/mol. The van der Waals surface area contributed by atoms with Crippen LogP contribution in [0, 0.1) is 6.92 Å². The number of fused-ring (bicyclic) bond motifs is 2. The van der Waals surface area contributed by atoms with E-state index in [1.165, 1.54) is 11.1 Å². The second-order valence-corrected chi connectivity index (χ2v) is 6.59. The molecule has 0 saturated carbocycles. The van der Waals surface area contributed by atoms with Crippen molar-refractivity contribution in [1.29, 1.82) is 0 Å². The van der Waals surface area contributed by atoms with Crippen LogP contribution in [0.3, 0.4) is 0 Å². The molecule has 1 aliphatic carbocycles. The Morgan fingerprint density at radius 3 is 2.67 bits per heavy atom. The molecule has 1 unspecified atom stereocenters. The van der Waals surface area contributed by atoms with Crippen molar-refractivity contribution in [2.45, 2.75) is 32.5 Å². The lowest BCUT2D eigenvalue weighted by Gasteiger charge is -2.25. The Hall–Kier alpha value is -2.46. The molecule has 0 fully saturated rings. The summed E-state index contributed by atoms with van der Waals surface area (Å²) < 4.78 is 1.60. The first-order valence-corrected chi connectivity index (χ1v) is 8.39. The smallest absolute Gasteiger partial charge is 0.275 e. The molecule has 1 heterocycles. The fourth-order valence-corrected chi connectivity index (χ4v) is 3.80. The normalized spacial score (nSPS) is 16.7. The third-order valence-corrected chi connectivity index (χ3v) is 5.04. The molecular formula is C20H21N3O. The lowest BCUT2D eigenvalue weighted by Crippen LogP contribution is -2.33. The van der Waals surface area contributed by atoms with Crippen molar-refractivity contribution in [3.8, 4) is 0 Å². The lowest BCUT2D eigenvalue weighted by atomic mass is 10.1. The number of aromatic nitrogens is 2. The van der Waals surface area contributed by atoms with Crippen LogP contribution in [-0.2, 0) is 13.1 Å². The molecule has 1 atom stereocenters. The Bertz CT molecular complexity index is 961. The second kappa shape index (κ2) is 5.87. The minimum absolute atomic E-state index is 0.0191. The van der Waals surface area contributed by atoms with Crippen LogP contribution in [0.1, 0.15) is 29.3 Å². The van der Waals surface area contributed by atoms with Crippen molar-refractivity contribution in [3.05, 3.63) is 75.7 Å². The van der Waals surface area contributed by atoms with Gasteiger partial charge < -0.3 is 0 Å². The summed E-state index contributed by atoms with van der Waals surface area (Å²) in [5.41, 5.74) is 3.68. The van der Waals surface area contributed by atoms with Gasteiger partial charge >= 0.3 is 0 Å². The van der Waals surface area contributed by atoms with Crippen LogP contribution in [0.15, 0.2) is 53.3 Å². The zero-order valence-electron chi connectivity index (χ0n) is 14.1. The SMILES string of the molecule is Cc1nn(CN(C)C2CCc3ccccc32)c(=O)c2ccccc12. The molecule has 2 aromatic carbocycles. The molecule has 0 bridgehead atoms. The molecule has 3 aromatic rings. The average Bonchev–Trinajstić information content (AvgIpc) is 3.03. The van der Waals surface area contributed by atoms with Gasteiger partial charge in [-0.1, -0.05) is 42.5 Å². The third-order valence-electron chi connectivity index (χ3n) is 5.04. The van der Waals surface area contributed by atoms with Crippen LogP contribution < -0.4 is 5.56 Å². The predicted molar refractivity (Wildman–Crippen MR) is 96.0 cm³/mol. The maximum Gasteiger partial charge on any atom is 0.275 e. The quantitative estimate of drug-likeness (QED) is 0.743. The van der Waals surface area contributed by atoms with E-state index >= 15 is 0 Å². The number of aryl methyl sites for hydroxylation is 2. The van der Waals surface area contributed by atoms with Gasteiger partial charge in [-0.2, -0.15) is 5.10 Å². The third kappa shape index (κ3) is 2.43. The zero-order valence-corrected chi connectivity index (χ0v) is 14.1. The average molecular weight is 319 g/mol. The number of hydrogen-bond acceptors (Lipinski definition) is 3. The Labute approximate surface area is 141 Å². The summed E-state index contributed by atoms with van der Waals surface area (Å²) in [6.07, 6.45) is 2.20. The van der Waals surface area contributed by atoms with Crippen LogP contribution in [0.2, 0.25) is 0 Å². The minimum atomic E-state index is -0.0191. The van der Waals surface area contributed by atoms with Gasteiger partial charge in [0.1, 0.15) is 0 Å². The van der Waals surface area contributed by atoms with Gasteiger partial charge in [-0.3, -0.25) is 9.69 Å². The summed E-state index contributed by atoms with van der Waals surface area (Å²) in [7, 11) is 2.07. The first kappa shape index (κ1) is 15.1. The fraction of sp³-hybridized carbons (Fsp3) is 0.300. The molecule has 0 spiro atoms. The van der Waals surface area contributed by atoms with Gasteiger partial charge in [0.2, 0.25) is 0 Å². The van der Waals surface area contributed by atoms with Gasteiger partial charge in [0.15, 0.2) is 0 Å². The molecule has 122 valence electrons. The van der Waals surface area contributed by atoms with Gasteiger partial charge in [-0.05, 0) is 44.0 Å². The maximum absolute atomic E-state index is 12.8. The van der Waals surface area contributed by atoms with E-state index in [2.05, 4.69) is 41.3 Å². The van der Waals surface area contributed by atoms with Crippen LogP contribution in [0.4, 0.5) is 0 Å². The van der Waals surface area contributed by atoms with E-state index in [1.807, 2.05) is 31.2 Å². The van der Waals surface area contributed by atoms with Crippen molar-refractivity contribution in [3.63, 3.8) is 0 Å². The van der Waals surface area contributed by atoms with Gasteiger partial charge in [0.05, 0.1) is 17.7 Å². The zero-order chi connectivity index (χ0) is 16.7. The van der Waals surface area contributed by atoms with Gasteiger partial charge in [0, 0.05) is 11.4 Å².